The minimum Gasteiger partial charge on any atom is -0.465 e. The van der Waals surface area contributed by atoms with Gasteiger partial charge in [0.1, 0.15) is 6.04 Å². The summed E-state index contributed by atoms with van der Waals surface area (Å²) in [5.74, 6) is -1.22. The van der Waals surface area contributed by atoms with E-state index in [1.54, 1.807) is 35.7 Å². The summed E-state index contributed by atoms with van der Waals surface area (Å²) in [5, 5.41) is 7.29. The molecular weight excluding hydrogens is 340 g/mol. The molecule has 0 bridgehead atoms. The first-order valence-electron chi connectivity index (χ1n) is 7.76. The van der Waals surface area contributed by atoms with Crippen LogP contribution >= 0.6 is 11.3 Å². The fourth-order valence-corrected chi connectivity index (χ4v) is 2.84. The maximum atomic E-state index is 12.6. The second kappa shape index (κ2) is 8.43. The molecule has 0 spiro atoms. The Morgan fingerprint density at radius 2 is 1.88 bits per heavy atom. The van der Waals surface area contributed by atoms with Gasteiger partial charge in [-0.1, -0.05) is 26.0 Å². The Morgan fingerprint density at radius 1 is 1.12 bits per heavy atom. The highest BCUT2D eigenvalue weighted by atomic mass is 32.1. The standard InChI is InChI=1S/C18H20N2O4S/c1-11(2)15(20-16(21)14-8-5-9-25-14)17(22)19-13-7-4-6-12(10-13)18(23)24-3/h4-11,15H,1-3H3,(H,19,22)(H,20,21)/t15-/m0/s1. The highest BCUT2D eigenvalue weighted by Gasteiger charge is 2.25. The van der Waals surface area contributed by atoms with Gasteiger partial charge in [-0.05, 0) is 35.6 Å². The van der Waals surface area contributed by atoms with Crippen molar-refractivity contribution in [3.05, 3.63) is 52.2 Å². The van der Waals surface area contributed by atoms with Gasteiger partial charge in [0.05, 0.1) is 17.6 Å². The van der Waals surface area contributed by atoms with E-state index in [2.05, 4.69) is 15.4 Å². The minimum atomic E-state index is -0.698. The van der Waals surface area contributed by atoms with Crippen LogP contribution in [0.25, 0.3) is 0 Å². The molecule has 1 aromatic heterocycles. The van der Waals surface area contributed by atoms with E-state index in [9.17, 15) is 14.4 Å². The molecule has 1 atom stereocenters. The number of benzene rings is 1. The fraction of sp³-hybridized carbons (Fsp3) is 0.278. The molecule has 1 aromatic carbocycles. The highest BCUT2D eigenvalue weighted by molar-refractivity contribution is 7.12. The van der Waals surface area contributed by atoms with Crippen LogP contribution in [0.2, 0.25) is 0 Å². The van der Waals surface area contributed by atoms with Gasteiger partial charge in [-0.15, -0.1) is 11.3 Å². The Kier molecular flexibility index (Phi) is 6.30. The first kappa shape index (κ1) is 18.7. The predicted molar refractivity (Wildman–Crippen MR) is 96.8 cm³/mol. The van der Waals surface area contributed by atoms with Crippen molar-refractivity contribution in [3.63, 3.8) is 0 Å². The molecule has 0 fully saturated rings. The summed E-state index contributed by atoms with van der Waals surface area (Å²) in [5.41, 5.74) is 0.799. The van der Waals surface area contributed by atoms with E-state index in [1.165, 1.54) is 24.5 Å². The normalized spacial score (nSPS) is 11.7. The van der Waals surface area contributed by atoms with Crippen LogP contribution in [0.15, 0.2) is 41.8 Å². The largest absolute Gasteiger partial charge is 0.465 e. The number of methoxy groups -OCH3 is 1. The third-order valence-corrected chi connectivity index (χ3v) is 4.40. The monoisotopic (exact) mass is 360 g/mol. The molecule has 2 aromatic rings. The molecule has 25 heavy (non-hydrogen) atoms. The van der Waals surface area contributed by atoms with Crippen LogP contribution in [0.4, 0.5) is 5.69 Å². The van der Waals surface area contributed by atoms with Gasteiger partial charge >= 0.3 is 5.97 Å². The Balaban J connectivity index is 2.10. The molecule has 2 N–H and O–H groups in total. The summed E-state index contributed by atoms with van der Waals surface area (Å²) in [6, 6.07) is 9.23. The summed E-state index contributed by atoms with van der Waals surface area (Å²) in [6.45, 7) is 3.70. The maximum Gasteiger partial charge on any atom is 0.337 e. The van der Waals surface area contributed by atoms with Gasteiger partial charge in [-0.2, -0.15) is 0 Å². The number of thiophene rings is 1. The summed E-state index contributed by atoms with van der Waals surface area (Å²) < 4.78 is 4.67. The van der Waals surface area contributed by atoms with Crippen molar-refractivity contribution in [2.24, 2.45) is 5.92 Å². The van der Waals surface area contributed by atoms with Crippen LogP contribution in [0.5, 0.6) is 0 Å². The van der Waals surface area contributed by atoms with Crippen LogP contribution in [-0.2, 0) is 9.53 Å². The number of hydrogen-bond acceptors (Lipinski definition) is 5. The molecule has 2 amide bonds. The summed E-state index contributed by atoms with van der Waals surface area (Å²) in [7, 11) is 1.29. The van der Waals surface area contributed by atoms with E-state index in [4.69, 9.17) is 0 Å². The zero-order chi connectivity index (χ0) is 18.4. The van der Waals surface area contributed by atoms with Crippen LogP contribution in [0.1, 0.15) is 33.9 Å². The van der Waals surface area contributed by atoms with Gasteiger partial charge in [-0.25, -0.2) is 4.79 Å². The molecule has 132 valence electrons. The van der Waals surface area contributed by atoms with Crippen molar-refractivity contribution in [2.75, 3.05) is 12.4 Å². The highest BCUT2D eigenvalue weighted by Crippen LogP contribution is 2.15. The van der Waals surface area contributed by atoms with E-state index < -0.39 is 12.0 Å². The van der Waals surface area contributed by atoms with Crippen molar-refractivity contribution in [1.82, 2.24) is 5.32 Å². The van der Waals surface area contributed by atoms with Gasteiger partial charge in [0, 0.05) is 5.69 Å². The zero-order valence-electron chi connectivity index (χ0n) is 14.2. The first-order chi connectivity index (χ1) is 11.9. The van der Waals surface area contributed by atoms with E-state index in [-0.39, 0.29) is 17.7 Å². The lowest BCUT2D eigenvalue weighted by Crippen LogP contribution is -2.46. The third kappa shape index (κ3) is 4.90. The predicted octanol–water partition coefficient (Wildman–Crippen LogP) is 2.93. The average molecular weight is 360 g/mol. The Hall–Kier alpha value is -2.67. The van der Waals surface area contributed by atoms with Gasteiger partial charge in [0.25, 0.3) is 5.91 Å². The Bertz CT molecular complexity index is 756. The van der Waals surface area contributed by atoms with Crippen molar-refractivity contribution in [1.29, 1.82) is 0 Å². The van der Waals surface area contributed by atoms with Crippen molar-refractivity contribution in [2.45, 2.75) is 19.9 Å². The average Bonchev–Trinajstić information content (AvgIpc) is 3.13. The lowest BCUT2D eigenvalue weighted by atomic mass is 10.0. The van der Waals surface area contributed by atoms with Gasteiger partial charge in [0.2, 0.25) is 5.91 Å². The van der Waals surface area contributed by atoms with Crippen LogP contribution < -0.4 is 10.6 Å². The van der Waals surface area contributed by atoms with Crippen LogP contribution in [-0.4, -0.2) is 30.9 Å². The second-order valence-corrected chi connectivity index (χ2v) is 6.68. The van der Waals surface area contributed by atoms with Crippen molar-refractivity contribution in [3.8, 4) is 0 Å². The van der Waals surface area contributed by atoms with Gasteiger partial charge in [0.15, 0.2) is 0 Å². The van der Waals surface area contributed by atoms with Crippen LogP contribution in [0, 0.1) is 5.92 Å². The smallest absolute Gasteiger partial charge is 0.337 e. The molecule has 6 nitrogen and oxygen atoms in total. The molecule has 0 aliphatic heterocycles. The van der Waals surface area contributed by atoms with E-state index >= 15 is 0 Å². The molecule has 0 saturated heterocycles. The molecule has 1 heterocycles. The number of ether oxygens (including phenoxy) is 1. The van der Waals surface area contributed by atoms with Gasteiger partial charge in [-0.3, -0.25) is 9.59 Å². The molecule has 0 aliphatic carbocycles. The molecule has 0 saturated carbocycles. The third-order valence-electron chi connectivity index (χ3n) is 3.53. The summed E-state index contributed by atoms with van der Waals surface area (Å²) in [6.07, 6.45) is 0. The van der Waals surface area contributed by atoms with E-state index in [0.717, 1.165) is 0 Å². The maximum absolute atomic E-state index is 12.6. The number of esters is 1. The number of anilines is 1. The lowest BCUT2D eigenvalue weighted by Gasteiger charge is -2.21. The number of hydrogen-bond donors (Lipinski definition) is 2. The number of nitrogens with one attached hydrogen (secondary N) is 2. The topological polar surface area (TPSA) is 84.5 Å². The molecule has 0 unspecified atom stereocenters. The Morgan fingerprint density at radius 3 is 2.48 bits per heavy atom. The number of amides is 2. The molecule has 0 aliphatic rings. The van der Waals surface area contributed by atoms with Gasteiger partial charge < -0.3 is 15.4 Å². The molecule has 0 radical (unpaired) electrons. The first-order valence-corrected chi connectivity index (χ1v) is 8.64. The second-order valence-electron chi connectivity index (χ2n) is 5.73. The van der Waals surface area contributed by atoms with Crippen LogP contribution in [0.3, 0.4) is 0 Å². The molecular formula is C18H20N2O4S. The van der Waals surface area contributed by atoms with E-state index in [1.807, 2.05) is 13.8 Å². The minimum absolute atomic E-state index is 0.104. The lowest BCUT2D eigenvalue weighted by molar-refractivity contribution is -0.118. The number of rotatable bonds is 6. The van der Waals surface area contributed by atoms with Crippen molar-refractivity contribution < 1.29 is 19.1 Å². The summed E-state index contributed by atoms with van der Waals surface area (Å²) in [4.78, 5) is 36.9. The number of carbonyl (C=O) groups is 3. The summed E-state index contributed by atoms with van der Waals surface area (Å²) >= 11 is 1.31. The quantitative estimate of drug-likeness (QED) is 0.776. The SMILES string of the molecule is COC(=O)c1cccc(NC(=O)[C@@H](NC(=O)c2cccs2)C(C)C)c1. The van der Waals surface area contributed by atoms with Crippen molar-refractivity contribution >= 4 is 34.8 Å². The Labute approximate surface area is 150 Å². The zero-order valence-corrected chi connectivity index (χ0v) is 15.1. The fourth-order valence-electron chi connectivity index (χ4n) is 2.22. The number of carbonyl (C=O) groups excluding carboxylic acids is 3. The van der Waals surface area contributed by atoms with E-state index in [0.29, 0.717) is 16.1 Å². The molecule has 7 heteroatoms. The molecule has 2 rings (SSSR count).